The second kappa shape index (κ2) is 12.9. The minimum Gasteiger partial charge on any atom is -0.481 e. The van der Waals surface area contributed by atoms with Crippen LogP contribution in [0.4, 0.5) is 0 Å². The molecule has 0 aliphatic heterocycles. The van der Waals surface area contributed by atoms with Gasteiger partial charge in [0.25, 0.3) is 0 Å². The first-order chi connectivity index (χ1) is 7.08. The molecule has 0 radical (unpaired) electrons. The molecule has 0 aromatic heterocycles. The second-order valence-corrected chi connectivity index (χ2v) is 2.84. The van der Waals surface area contributed by atoms with Crippen molar-refractivity contribution in [1.29, 1.82) is 0 Å². The largest absolute Gasteiger partial charge is 0.481 e. The van der Waals surface area contributed by atoms with E-state index in [1.165, 1.54) is 0 Å². The van der Waals surface area contributed by atoms with E-state index in [1.807, 2.05) is 13.8 Å². The van der Waals surface area contributed by atoms with Gasteiger partial charge < -0.3 is 14.9 Å². The van der Waals surface area contributed by atoms with Crippen molar-refractivity contribution in [3.8, 4) is 0 Å². The lowest BCUT2D eigenvalue weighted by atomic mass is 10.3. The molecule has 0 saturated heterocycles. The zero-order chi connectivity index (χ0) is 12.1. The van der Waals surface area contributed by atoms with E-state index in [0.717, 1.165) is 12.8 Å². The van der Waals surface area contributed by atoms with Crippen LogP contribution in [0.2, 0.25) is 0 Å². The summed E-state index contributed by atoms with van der Waals surface area (Å²) in [5, 5.41) is 16.1. The zero-order valence-corrected chi connectivity index (χ0v) is 9.36. The quantitative estimate of drug-likeness (QED) is 0.657. The van der Waals surface area contributed by atoms with Crippen molar-refractivity contribution in [2.45, 2.75) is 39.5 Å². The van der Waals surface area contributed by atoms with Crippen LogP contribution in [0.1, 0.15) is 39.5 Å². The molecule has 5 heteroatoms. The van der Waals surface area contributed by atoms with Crippen molar-refractivity contribution in [2.24, 2.45) is 0 Å². The van der Waals surface area contributed by atoms with E-state index in [2.05, 4.69) is 4.74 Å². The standard InChI is InChI=1S/C6H12O3.C4H8O2/c1-2-3-6(8)9-5-4-7;1-2-3-4(5)6/h7H,2-5H2,1H3;2-3H2,1H3,(H,5,6). The second-order valence-electron chi connectivity index (χ2n) is 2.84. The van der Waals surface area contributed by atoms with Gasteiger partial charge in [0.05, 0.1) is 6.61 Å². The van der Waals surface area contributed by atoms with Crippen LogP contribution in [0.5, 0.6) is 0 Å². The first-order valence-electron chi connectivity index (χ1n) is 5.06. The van der Waals surface area contributed by atoms with Crippen LogP contribution in [0.3, 0.4) is 0 Å². The molecule has 0 atom stereocenters. The molecule has 0 spiro atoms. The van der Waals surface area contributed by atoms with Gasteiger partial charge in [0.1, 0.15) is 6.61 Å². The Morgan fingerprint density at radius 1 is 1.13 bits per heavy atom. The van der Waals surface area contributed by atoms with Gasteiger partial charge in [-0.05, 0) is 12.8 Å². The highest BCUT2D eigenvalue weighted by atomic mass is 16.5. The Kier molecular flexibility index (Phi) is 14.0. The maximum Gasteiger partial charge on any atom is 0.305 e. The van der Waals surface area contributed by atoms with E-state index >= 15 is 0 Å². The normalized spacial score (nSPS) is 8.73. The monoisotopic (exact) mass is 220 g/mol. The van der Waals surface area contributed by atoms with E-state index in [-0.39, 0.29) is 19.2 Å². The lowest BCUT2D eigenvalue weighted by Gasteiger charge is -1.98. The van der Waals surface area contributed by atoms with Gasteiger partial charge in [-0.1, -0.05) is 13.8 Å². The number of hydrogen-bond acceptors (Lipinski definition) is 4. The number of aliphatic hydroxyl groups excluding tert-OH is 1. The number of carboxylic acids is 1. The zero-order valence-electron chi connectivity index (χ0n) is 9.36. The lowest BCUT2D eigenvalue weighted by molar-refractivity contribution is -0.144. The minimum atomic E-state index is -0.711. The van der Waals surface area contributed by atoms with Gasteiger partial charge in [-0.2, -0.15) is 0 Å². The minimum absolute atomic E-state index is 0.0878. The molecular formula is C10H20O5. The highest BCUT2D eigenvalue weighted by Crippen LogP contribution is 1.89. The predicted octanol–water partition coefficient (Wildman–Crippen LogP) is 1.19. The van der Waals surface area contributed by atoms with Crippen molar-refractivity contribution >= 4 is 11.9 Å². The van der Waals surface area contributed by atoms with Crippen molar-refractivity contribution in [2.75, 3.05) is 13.2 Å². The Hall–Kier alpha value is -1.10. The number of carbonyl (C=O) groups is 2. The van der Waals surface area contributed by atoms with Crippen molar-refractivity contribution in [3.05, 3.63) is 0 Å². The molecule has 15 heavy (non-hydrogen) atoms. The lowest BCUT2D eigenvalue weighted by Crippen LogP contribution is -2.07. The fourth-order valence-corrected chi connectivity index (χ4v) is 0.650. The molecule has 0 aromatic carbocycles. The molecule has 0 aromatic rings. The number of aliphatic carboxylic acids is 1. The Bertz CT molecular complexity index is 167. The van der Waals surface area contributed by atoms with Crippen LogP contribution in [-0.4, -0.2) is 35.4 Å². The Labute approximate surface area is 90.1 Å². The molecule has 5 nitrogen and oxygen atoms in total. The van der Waals surface area contributed by atoms with Gasteiger partial charge in [0, 0.05) is 12.8 Å². The molecule has 2 N–H and O–H groups in total. The summed E-state index contributed by atoms with van der Waals surface area (Å²) in [6, 6.07) is 0. The van der Waals surface area contributed by atoms with Crippen LogP contribution in [0, 0.1) is 0 Å². The highest BCUT2D eigenvalue weighted by molar-refractivity contribution is 5.69. The Morgan fingerprint density at radius 3 is 1.93 bits per heavy atom. The molecule has 0 rings (SSSR count). The summed E-state index contributed by atoms with van der Waals surface area (Å²) in [5.74, 6) is -0.941. The van der Waals surface area contributed by atoms with Crippen LogP contribution in [-0.2, 0) is 14.3 Å². The molecule has 0 amide bonds. The number of aliphatic hydroxyl groups is 1. The number of carbonyl (C=O) groups excluding carboxylic acids is 1. The van der Waals surface area contributed by atoms with E-state index in [1.54, 1.807) is 0 Å². The van der Waals surface area contributed by atoms with Crippen LogP contribution >= 0.6 is 0 Å². The Morgan fingerprint density at radius 2 is 1.67 bits per heavy atom. The number of ether oxygens (including phenoxy) is 1. The molecule has 0 unspecified atom stereocenters. The van der Waals surface area contributed by atoms with Gasteiger partial charge in [-0.15, -0.1) is 0 Å². The first kappa shape index (κ1) is 16.3. The first-order valence-corrected chi connectivity index (χ1v) is 5.06. The molecule has 0 fully saturated rings. The summed E-state index contributed by atoms with van der Waals surface area (Å²) in [5.41, 5.74) is 0. The van der Waals surface area contributed by atoms with E-state index in [0.29, 0.717) is 12.8 Å². The smallest absolute Gasteiger partial charge is 0.305 e. The third-order valence-electron chi connectivity index (χ3n) is 1.27. The third-order valence-corrected chi connectivity index (χ3v) is 1.27. The molecule has 0 heterocycles. The maximum absolute atomic E-state index is 10.5. The Balaban J connectivity index is 0. The SMILES string of the molecule is CCCC(=O)O.CCCC(=O)OCCO. The van der Waals surface area contributed by atoms with Crippen molar-refractivity contribution < 1.29 is 24.5 Å². The van der Waals surface area contributed by atoms with Crippen LogP contribution in [0.25, 0.3) is 0 Å². The summed E-state index contributed by atoms with van der Waals surface area (Å²) < 4.78 is 4.54. The van der Waals surface area contributed by atoms with Gasteiger partial charge in [-0.3, -0.25) is 9.59 Å². The molecular weight excluding hydrogens is 200 g/mol. The predicted molar refractivity (Wildman–Crippen MR) is 55.5 cm³/mol. The number of hydrogen-bond donors (Lipinski definition) is 2. The summed E-state index contributed by atoms with van der Waals surface area (Å²) >= 11 is 0. The average Bonchev–Trinajstić information content (AvgIpc) is 2.16. The van der Waals surface area contributed by atoms with Crippen LogP contribution < -0.4 is 0 Å². The highest BCUT2D eigenvalue weighted by Gasteiger charge is 1.97. The van der Waals surface area contributed by atoms with Gasteiger partial charge in [0.2, 0.25) is 0 Å². The van der Waals surface area contributed by atoms with E-state index in [9.17, 15) is 9.59 Å². The number of carboxylic acid groups (broad SMARTS) is 1. The molecule has 0 aliphatic carbocycles. The molecule has 0 saturated carbocycles. The summed E-state index contributed by atoms with van der Waals surface area (Å²) in [6.45, 7) is 3.78. The summed E-state index contributed by atoms with van der Waals surface area (Å²) in [4.78, 5) is 20.1. The average molecular weight is 220 g/mol. The molecule has 90 valence electrons. The summed E-state index contributed by atoms with van der Waals surface area (Å²) in [7, 11) is 0. The topological polar surface area (TPSA) is 83.8 Å². The molecule has 0 bridgehead atoms. The van der Waals surface area contributed by atoms with Gasteiger partial charge in [0.15, 0.2) is 0 Å². The van der Waals surface area contributed by atoms with Gasteiger partial charge in [-0.25, -0.2) is 0 Å². The number of esters is 1. The van der Waals surface area contributed by atoms with Gasteiger partial charge >= 0.3 is 11.9 Å². The third kappa shape index (κ3) is 19.3. The van der Waals surface area contributed by atoms with Crippen molar-refractivity contribution in [1.82, 2.24) is 0 Å². The fourth-order valence-electron chi connectivity index (χ4n) is 0.650. The summed E-state index contributed by atoms with van der Waals surface area (Å²) in [6.07, 6.45) is 2.26. The molecule has 0 aliphatic rings. The fraction of sp³-hybridized carbons (Fsp3) is 0.800. The maximum atomic E-state index is 10.5. The van der Waals surface area contributed by atoms with Crippen molar-refractivity contribution in [3.63, 3.8) is 0 Å². The number of rotatable bonds is 6. The van der Waals surface area contributed by atoms with Crippen LogP contribution in [0.15, 0.2) is 0 Å². The van der Waals surface area contributed by atoms with E-state index in [4.69, 9.17) is 10.2 Å². The van der Waals surface area contributed by atoms with E-state index < -0.39 is 5.97 Å².